The molecule has 1 saturated heterocycles. The molecule has 0 bridgehead atoms. The Kier molecular flexibility index (Phi) is 5.51. The Morgan fingerprint density at radius 3 is 1.67 bits per heavy atom. The Morgan fingerprint density at radius 1 is 0.917 bits per heavy atom. The molecule has 1 aliphatic heterocycles. The number of nitrogens with zero attached hydrogens (tertiary/aromatic N) is 1. The fourth-order valence-corrected chi connectivity index (χ4v) is 2.51. The molecule has 1 N–H and O–H groups in total. The third-order valence-corrected chi connectivity index (χ3v) is 2.91. The van der Waals surface area contributed by atoms with Gasteiger partial charge in [0.1, 0.15) is 0 Å². The van der Waals surface area contributed by atoms with E-state index in [4.69, 9.17) is 0 Å². The van der Waals surface area contributed by atoms with E-state index in [0.717, 1.165) is 0 Å². The predicted molar refractivity (Wildman–Crippen MR) is 51.5 cm³/mol. The first-order valence-electron chi connectivity index (χ1n) is 5.18. The van der Waals surface area contributed by atoms with Gasteiger partial charge in [0.05, 0.1) is 26.2 Å². The van der Waals surface area contributed by atoms with E-state index >= 15 is 0 Å². The average molecular weight is 173 g/mol. The number of hydrogen-bond acceptors (Lipinski definition) is 1. The van der Waals surface area contributed by atoms with Crippen molar-refractivity contribution in [2.75, 3.05) is 26.2 Å². The van der Waals surface area contributed by atoms with Crippen molar-refractivity contribution in [3.63, 3.8) is 0 Å². The minimum absolute atomic E-state index is 0. The van der Waals surface area contributed by atoms with Gasteiger partial charge < -0.3 is 9.96 Å². The fourth-order valence-electron chi connectivity index (χ4n) is 2.51. The summed E-state index contributed by atoms with van der Waals surface area (Å²) in [7, 11) is 0. The summed E-state index contributed by atoms with van der Waals surface area (Å²) in [6, 6.07) is 0. The summed E-state index contributed by atoms with van der Waals surface area (Å²) in [5, 5.41) is 0. The van der Waals surface area contributed by atoms with E-state index in [9.17, 15) is 0 Å². The Labute approximate surface area is 76.5 Å². The van der Waals surface area contributed by atoms with Crippen LogP contribution in [0.5, 0.6) is 0 Å². The summed E-state index contributed by atoms with van der Waals surface area (Å²) in [6.45, 7) is 10.4. The molecular formula is C10H23NO. The minimum Gasteiger partial charge on any atom is -0.870 e. The van der Waals surface area contributed by atoms with Crippen molar-refractivity contribution in [3.05, 3.63) is 0 Å². The normalized spacial score (nSPS) is 20.5. The zero-order valence-electron chi connectivity index (χ0n) is 8.55. The highest BCUT2D eigenvalue weighted by molar-refractivity contribution is 4.54. The molecule has 0 atom stereocenters. The van der Waals surface area contributed by atoms with E-state index in [1.807, 2.05) is 0 Å². The first-order valence-corrected chi connectivity index (χ1v) is 5.18. The molecule has 1 aliphatic rings. The Balaban J connectivity index is 0.00000121. The summed E-state index contributed by atoms with van der Waals surface area (Å²) < 4.78 is 1.44. The zero-order valence-corrected chi connectivity index (χ0v) is 8.55. The first-order chi connectivity index (χ1) is 5.33. The van der Waals surface area contributed by atoms with E-state index in [0.29, 0.717) is 0 Å². The molecule has 0 amide bonds. The monoisotopic (exact) mass is 173 g/mol. The van der Waals surface area contributed by atoms with Crippen molar-refractivity contribution in [1.29, 1.82) is 0 Å². The SMILES string of the molecule is CCC[N+]1(CCC)CCCC1.[OH-]. The molecule has 2 heteroatoms. The van der Waals surface area contributed by atoms with Gasteiger partial charge in [-0.1, -0.05) is 13.8 Å². The molecule has 0 aromatic heterocycles. The number of quaternary nitrogens is 1. The molecule has 0 saturated carbocycles. The quantitative estimate of drug-likeness (QED) is 0.600. The molecule has 12 heavy (non-hydrogen) atoms. The smallest absolute Gasteiger partial charge is 0.0788 e. The van der Waals surface area contributed by atoms with Crippen LogP contribution in [0.25, 0.3) is 0 Å². The van der Waals surface area contributed by atoms with Gasteiger partial charge >= 0.3 is 0 Å². The first kappa shape index (κ1) is 11.9. The molecular weight excluding hydrogens is 150 g/mol. The highest BCUT2D eigenvalue weighted by atomic mass is 16.0. The Morgan fingerprint density at radius 2 is 1.33 bits per heavy atom. The van der Waals surface area contributed by atoms with Crippen LogP contribution in [0.3, 0.4) is 0 Å². The second kappa shape index (κ2) is 5.55. The second-order valence-corrected chi connectivity index (χ2v) is 3.94. The van der Waals surface area contributed by atoms with Crippen molar-refractivity contribution in [1.82, 2.24) is 0 Å². The lowest BCUT2D eigenvalue weighted by atomic mass is 10.3. The van der Waals surface area contributed by atoms with Crippen LogP contribution in [0.15, 0.2) is 0 Å². The highest BCUT2D eigenvalue weighted by Crippen LogP contribution is 2.20. The van der Waals surface area contributed by atoms with Gasteiger partial charge in [-0.15, -0.1) is 0 Å². The van der Waals surface area contributed by atoms with Crippen LogP contribution in [0.2, 0.25) is 0 Å². The molecule has 74 valence electrons. The molecule has 0 unspecified atom stereocenters. The molecule has 0 aromatic rings. The van der Waals surface area contributed by atoms with Crippen LogP contribution in [-0.2, 0) is 0 Å². The predicted octanol–water partition coefficient (Wildman–Crippen LogP) is 2.24. The lowest BCUT2D eigenvalue weighted by Gasteiger charge is -2.33. The third kappa shape index (κ3) is 2.76. The van der Waals surface area contributed by atoms with Crippen LogP contribution < -0.4 is 0 Å². The minimum atomic E-state index is 0. The van der Waals surface area contributed by atoms with E-state index in [2.05, 4.69) is 13.8 Å². The summed E-state index contributed by atoms with van der Waals surface area (Å²) in [6.07, 6.45) is 5.67. The van der Waals surface area contributed by atoms with Gasteiger partial charge in [-0.05, 0) is 12.8 Å². The average Bonchev–Trinajstić information content (AvgIpc) is 2.39. The summed E-state index contributed by atoms with van der Waals surface area (Å²) in [4.78, 5) is 0. The van der Waals surface area contributed by atoms with E-state index in [-0.39, 0.29) is 5.48 Å². The van der Waals surface area contributed by atoms with E-state index in [1.54, 1.807) is 0 Å². The lowest BCUT2D eigenvalue weighted by Crippen LogP contribution is -2.46. The van der Waals surface area contributed by atoms with Gasteiger partial charge in [0.25, 0.3) is 0 Å². The zero-order chi connectivity index (χ0) is 8.16. The fraction of sp³-hybridized carbons (Fsp3) is 1.00. The van der Waals surface area contributed by atoms with E-state index < -0.39 is 0 Å². The van der Waals surface area contributed by atoms with Crippen molar-refractivity contribution < 1.29 is 9.96 Å². The van der Waals surface area contributed by atoms with Crippen molar-refractivity contribution in [3.8, 4) is 0 Å². The maximum Gasteiger partial charge on any atom is 0.0788 e. The van der Waals surface area contributed by atoms with Crippen LogP contribution in [-0.4, -0.2) is 36.1 Å². The van der Waals surface area contributed by atoms with Crippen LogP contribution >= 0.6 is 0 Å². The Hall–Kier alpha value is -0.0800. The van der Waals surface area contributed by atoms with Gasteiger partial charge in [0.2, 0.25) is 0 Å². The van der Waals surface area contributed by atoms with Crippen molar-refractivity contribution in [2.24, 2.45) is 0 Å². The van der Waals surface area contributed by atoms with Crippen molar-refractivity contribution in [2.45, 2.75) is 39.5 Å². The van der Waals surface area contributed by atoms with Gasteiger partial charge in [-0.3, -0.25) is 0 Å². The van der Waals surface area contributed by atoms with Crippen LogP contribution in [0, 0.1) is 0 Å². The lowest BCUT2D eigenvalue weighted by molar-refractivity contribution is -0.916. The molecule has 0 aliphatic carbocycles. The van der Waals surface area contributed by atoms with Gasteiger partial charge in [0, 0.05) is 12.8 Å². The summed E-state index contributed by atoms with van der Waals surface area (Å²) in [5.74, 6) is 0. The summed E-state index contributed by atoms with van der Waals surface area (Å²) >= 11 is 0. The van der Waals surface area contributed by atoms with Gasteiger partial charge in [-0.25, -0.2) is 0 Å². The molecule has 0 aromatic carbocycles. The van der Waals surface area contributed by atoms with Crippen LogP contribution in [0.1, 0.15) is 39.5 Å². The van der Waals surface area contributed by atoms with Gasteiger partial charge in [0.15, 0.2) is 0 Å². The molecule has 1 rings (SSSR count). The maximum atomic E-state index is 2.31. The number of hydrogen-bond donors (Lipinski definition) is 0. The number of likely N-dealkylation sites (tertiary alicyclic amines) is 1. The van der Waals surface area contributed by atoms with Crippen LogP contribution in [0.4, 0.5) is 0 Å². The molecule has 1 fully saturated rings. The molecule has 0 spiro atoms. The topological polar surface area (TPSA) is 30.0 Å². The molecule has 1 heterocycles. The maximum absolute atomic E-state index is 2.31. The molecule has 2 nitrogen and oxygen atoms in total. The third-order valence-electron chi connectivity index (χ3n) is 2.91. The second-order valence-electron chi connectivity index (χ2n) is 3.94. The molecule has 0 radical (unpaired) electrons. The Bertz CT molecular complexity index is 100. The van der Waals surface area contributed by atoms with E-state index in [1.165, 1.54) is 56.3 Å². The number of rotatable bonds is 4. The van der Waals surface area contributed by atoms with Crippen molar-refractivity contribution >= 4 is 0 Å². The summed E-state index contributed by atoms with van der Waals surface area (Å²) in [5.41, 5.74) is 0. The largest absolute Gasteiger partial charge is 0.870 e. The van der Waals surface area contributed by atoms with Gasteiger partial charge in [-0.2, -0.15) is 0 Å². The highest BCUT2D eigenvalue weighted by Gasteiger charge is 2.29. The standard InChI is InChI=1S/C10H22N.H2O/c1-3-7-11(8-4-2)9-5-6-10-11;/h3-10H2,1-2H3;1H2/q+1;/p-1.